The predicted molar refractivity (Wildman–Crippen MR) is 67.4 cm³/mol. The quantitative estimate of drug-likeness (QED) is 0.849. The Hall–Kier alpha value is -1.01. The SMILES string of the molecule is CC(C)c1nnsc1C(=O)NC1CCNCC1. The summed E-state index contributed by atoms with van der Waals surface area (Å²) in [5.74, 6) is 0.220. The lowest BCUT2D eigenvalue weighted by Gasteiger charge is -2.23. The number of hydrogen-bond acceptors (Lipinski definition) is 5. The lowest BCUT2D eigenvalue weighted by Crippen LogP contribution is -2.42. The van der Waals surface area contributed by atoms with E-state index >= 15 is 0 Å². The standard InChI is InChI=1S/C11H18N4OS/c1-7(2)9-10(17-15-14-9)11(16)13-8-3-5-12-6-4-8/h7-8,12H,3-6H2,1-2H3,(H,13,16). The third-order valence-electron chi connectivity index (χ3n) is 2.94. The van der Waals surface area contributed by atoms with Gasteiger partial charge in [-0.25, -0.2) is 0 Å². The molecule has 1 aromatic rings. The van der Waals surface area contributed by atoms with Crippen molar-refractivity contribution in [1.82, 2.24) is 20.2 Å². The molecule has 0 aromatic carbocycles. The Morgan fingerprint density at radius 2 is 2.18 bits per heavy atom. The minimum Gasteiger partial charge on any atom is -0.348 e. The first-order valence-electron chi connectivity index (χ1n) is 6.02. The zero-order chi connectivity index (χ0) is 12.3. The second-order valence-electron chi connectivity index (χ2n) is 4.64. The summed E-state index contributed by atoms with van der Waals surface area (Å²) in [7, 11) is 0. The molecule has 1 fully saturated rings. The van der Waals surface area contributed by atoms with E-state index in [0.29, 0.717) is 4.88 Å². The van der Waals surface area contributed by atoms with Crippen molar-refractivity contribution < 1.29 is 4.79 Å². The van der Waals surface area contributed by atoms with E-state index in [0.717, 1.165) is 31.6 Å². The Bertz CT molecular complexity index is 385. The molecule has 1 aliphatic heterocycles. The van der Waals surface area contributed by atoms with Crippen molar-refractivity contribution in [2.45, 2.75) is 38.6 Å². The van der Waals surface area contributed by atoms with E-state index in [4.69, 9.17) is 0 Å². The van der Waals surface area contributed by atoms with Crippen LogP contribution in [-0.4, -0.2) is 34.6 Å². The fraction of sp³-hybridized carbons (Fsp3) is 0.727. The Balaban J connectivity index is 2.01. The molecule has 6 heteroatoms. The zero-order valence-corrected chi connectivity index (χ0v) is 11.0. The second kappa shape index (κ2) is 5.55. The van der Waals surface area contributed by atoms with E-state index in [1.54, 1.807) is 0 Å². The Morgan fingerprint density at radius 1 is 1.47 bits per heavy atom. The van der Waals surface area contributed by atoms with E-state index < -0.39 is 0 Å². The van der Waals surface area contributed by atoms with Crippen molar-refractivity contribution in [3.05, 3.63) is 10.6 Å². The molecule has 2 heterocycles. The van der Waals surface area contributed by atoms with Crippen molar-refractivity contribution in [3.63, 3.8) is 0 Å². The van der Waals surface area contributed by atoms with Crippen LogP contribution < -0.4 is 10.6 Å². The summed E-state index contributed by atoms with van der Waals surface area (Å²) in [5, 5.41) is 10.4. The summed E-state index contributed by atoms with van der Waals surface area (Å²) in [6.07, 6.45) is 1.99. The molecule has 0 bridgehead atoms. The molecule has 0 radical (unpaired) electrons. The topological polar surface area (TPSA) is 66.9 Å². The molecule has 17 heavy (non-hydrogen) atoms. The number of piperidine rings is 1. The number of amides is 1. The van der Waals surface area contributed by atoms with E-state index in [9.17, 15) is 4.79 Å². The van der Waals surface area contributed by atoms with Gasteiger partial charge >= 0.3 is 0 Å². The molecule has 1 aliphatic rings. The van der Waals surface area contributed by atoms with Crippen LogP contribution in [-0.2, 0) is 0 Å². The van der Waals surface area contributed by atoms with Gasteiger partial charge in [0.1, 0.15) is 4.88 Å². The average molecular weight is 254 g/mol. The lowest BCUT2D eigenvalue weighted by molar-refractivity contribution is 0.0932. The van der Waals surface area contributed by atoms with Crippen LogP contribution in [0.4, 0.5) is 0 Å². The van der Waals surface area contributed by atoms with Gasteiger partial charge in [-0.3, -0.25) is 4.79 Å². The van der Waals surface area contributed by atoms with E-state index in [1.807, 2.05) is 13.8 Å². The largest absolute Gasteiger partial charge is 0.348 e. The first-order chi connectivity index (χ1) is 8.18. The molecule has 94 valence electrons. The van der Waals surface area contributed by atoms with E-state index in [2.05, 4.69) is 20.2 Å². The summed E-state index contributed by atoms with van der Waals surface area (Å²) >= 11 is 1.19. The zero-order valence-electron chi connectivity index (χ0n) is 10.2. The first kappa shape index (κ1) is 12.4. The molecule has 2 rings (SSSR count). The highest BCUT2D eigenvalue weighted by molar-refractivity contribution is 7.08. The predicted octanol–water partition coefficient (Wildman–Crippen LogP) is 1.14. The van der Waals surface area contributed by atoms with Crippen LogP contribution in [0.2, 0.25) is 0 Å². The van der Waals surface area contributed by atoms with Crippen LogP contribution in [0.3, 0.4) is 0 Å². The number of rotatable bonds is 3. The van der Waals surface area contributed by atoms with Gasteiger partial charge in [0.2, 0.25) is 0 Å². The van der Waals surface area contributed by atoms with Gasteiger partial charge in [0.05, 0.1) is 5.69 Å². The van der Waals surface area contributed by atoms with Crippen molar-refractivity contribution in [2.75, 3.05) is 13.1 Å². The number of carbonyl (C=O) groups excluding carboxylic acids is 1. The third kappa shape index (κ3) is 3.01. The summed E-state index contributed by atoms with van der Waals surface area (Å²) in [4.78, 5) is 12.8. The summed E-state index contributed by atoms with van der Waals surface area (Å²) in [6.45, 7) is 6.00. The molecule has 0 atom stereocenters. The Kier molecular flexibility index (Phi) is 4.06. The molecule has 0 spiro atoms. The van der Waals surface area contributed by atoms with Crippen LogP contribution in [0.15, 0.2) is 0 Å². The van der Waals surface area contributed by atoms with Crippen molar-refractivity contribution in [2.24, 2.45) is 0 Å². The normalized spacial score (nSPS) is 17.4. The van der Waals surface area contributed by atoms with Gasteiger partial charge in [-0.15, -0.1) is 5.10 Å². The van der Waals surface area contributed by atoms with Gasteiger partial charge in [0.25, 0.3) is 5.91 Å². The smallest absolute Gasteiger partial charge is 0.265 e. The van der Waals surface area contributed by atoms with Crippen LogP contribution >= 0.6 is 11.5 Å². The van der Waals surface area contributed by atoms with Crippen LogP contribution in [0, 0.1) is 0 Å². The number of hydrogen-bond donors (Lipinski definition) is 2. The Labute approximate surface area is 105 Å². The van der Waals surface area contributed by atoms with E-state index in [1.165, 1.54) is 11.5 Å². The van der Waals surface area contributed by atoms with Crippen molar-refractivity contribution in [3.8, 4) is 0 Å². The molecule has 1 amide bonds. The monoisotopic (exact) mass is 254 g/mol. The molecule has 0 saturated carbocycles. The van der Waals surface area contributed by atoms with Gasteiger partial charge < -0.3 is 10.6 Å². The Morgan fingerprint density at radius 3 is 2.82 bits per heavy atom. The number of nitrogens with zero attached hydrogens (tertiary/aromatic N) is 2. The molecule has 5 nitrogen and oxygen atoms in total. The maximum absolute atomic E-state index is 12.1. The fourth-order valence-corrected chi connectivity index (χ4v) is 2.67. The fourth-order valence-electron chi connectivity index (χ4n) is 1.95. The minimum atomic E-state index is -0.0180. The van der Waals surface area contributed by atoms with Gasteiger partial charge in [-0.2, -0.15) is 0 Å². The third-order valence-corrected chi connectivity index (χ3v) is 3.68. The maximum atomic E-state index is 12.1. The van der Waals surface area contributed by atoms with Crippen LogP contribution in [0.25, 0.3) is 0 Å². The molecule has 2 N–H and O–H groups in total. The van der Waals surface area contributed by atoms with Gasteiger partial charge in [-0.1, -0.05) is 18.3 Å². The number of carbonyl (C=O) groups is 1. The molecule has 0 unspecified atom stereocenters. The van der Waals surface area contributed by atoms with Crippen LogP contribution in [0.1, 0.15) is 48.0 Å². The van der Waals surface area contributed by atoms with Gasteiger partial charge in [0, 0.05) is 6.04 Å². The number of nitrogens with one attached hydrogen (secondary N) is 2. The molecular weight excluding hydrogens is 236 g/mol. The van der Waals surface area contributed by atoms with Crippen LogP contribution in [0.5, 0.6) is 0 Å². The second-order valence-corrected chi connectivity index (χ2v) is 5.39. The lowest BCUT2D eigenvalue weighted by atomic mass is 10.1. The molecular formula is C11H18N4OS. The highest BCUT2D eigenvalue weighted by atomic mass is 32.1. The first-order valence-corrected chi connectivity index (χ1v) is 6.79. The van der Waals surface area contributed by atoms with E-state index in [-0.39, 0.29) is 17.9 Å². The minimum absolute atomic E-state index is 0.0180. The summed E-state index contributed by atoms with van der Waals surface area (Å²) < 4.78 is 3.88. The molecule has 1 aromatic heterocycles. The highest BCUT2D eigenvalue weighted by Gasteiger charge is 2.22. The van der Waals surface area contributed by atoms with Crippen molar-refractivity contribution in [1.29, 1.82) is 0 Å². The number of aromatic nitrogens is 2. The van der Waals surface area contributed by atoms with Crippen molar-refractivity contribution >= 4 is 17.4 Å². The molecule has 1 saturated heterocycles. The average Bonchev–Trinajstić information content (AvgIpc) is 2.79. The molecule has 0 aliphatic carbocycles. The summed E-state index contributed by atoms with van der Waals surface area (Å²) in [5.41, 5.74) is 0.807. The summed E-state index contributed by atoms with van der Waals surface area (Å²) in [6, 6.07) is 0.283. The highest BCUT2D eigenvalue weighted by Crippen LogP contribution is 2.19. The van der Waals surface area contributed by atoms with Gasteiger partial charge in [0.15, 0.2) is 0 Å². The van der Waals surface area contributed by atoms with Gasteiger partial charge in [-0.05, 0) is 43.4 Å². The maximum Gasteiger partial charge on any atom is 0.265 e.